The van der Waals surface area contributed by atoms with Crippen LogP contribution in [0.1, 0.15) is 19.4 Å². The van der Waals surface area contributed by atoms with E-state index in [-0.39, 0.29) is 47.3 Å². The fourth-order valence-corrected chi connectivity index (χ4v) is 8.25. The first kappa shape index (κ1) is 29.6. The van der Waals surface area contributed by atoms with Crippen molar-refractivity contribution < 1.29 is 22.7 Å². The minimum absolute atomic E-state index is 0.0121. The molecule has 0 bridgehead atoms. The fraction of sp³-hybridized carbons (Fsp3) is 0.481. The maximum Gasteiger partial charge on any atom is 0.246 e. The van der Waals surface area contributed by atoms with Gasteiger partial charge in [-0.3, -0.25) is 14.5 Å². The van der Waals surface area contributed by atoms with Gasteiger partial charge in [-0.05, 0) is 49.7 Å². The molecule has 13 heteroatoms. The Balaban J connectivity index is 1.63. The van der Waals surface area contributed by atoms with Gasteiger partial charge in [0, 0.05) is 42.1 Å². The second kappa shape index (κ2) is 11.8. The Kier molecular flexibility index (Phi) is 8.69. The molecule has 5 rings (SSSR count). The number of benzene rings is 2. The molecule has 216 valence electrons. The number of piperazine rings is 1. The van der Waals surface area contributed by atoms with Crippen LogP contribution in [0, 0.1) is 0 Å². The lowest BCUT2D eigenvalue weighted by Gasteiger charge is -2.55. The van der Waals surface area contributed by atoms with Gasteiger partial charge in [-0.15, -0.1) is 0 Å². The number of carbonyl (C=O) groups is 2. The van der Waals surface area contributed by atoms with E-state index in [0.29, 0.717) is 36.3 Å². The first-order valence-corrected chi connectivity index (χ1v) is 15.7. The minimum atomic E-state index is -4.21. The predicted octanol–water partition coefficient (Wildman–Crippen LogP) is 3.37. The highest BCUT2D eigenvalue weighted by Crippen LogP contribution is 2.36. The zero-order chi connectivity index (χ0) is 28.8. The number of halogens is 3. The number of ether oxygens (including phenoxy) is 1. The normalized spacial score (nSPS) is 25.0. The molecule has 0 N–H and O–H groups in total. The van der Waals surface area contributed by atoms with Crippen molar-refractivity contribution in [2.75, 3.05) is 39.4 Å². The van der Waals surface area contributed by atoms with Gasteiger partial charge in [0.05, 0.1) is 24.8 Å². The molecule has 0 aliphatic carbocycles. The molecule has 0 aromatic heterocycles. The molecule has 3 aliphatic heterocycles. The molecule has 3 atom stereocenters. The summed E-state index contributed by atoms with van der Waals surface area (Å²) in [6.07, 6.45) is -0.734. The van der Waals surface area contributed by atoms with Crippen molar-refractivity contribution >= 4 is 56.6 Å². The molecule has 2 aromatic carbocycles. The van der Waals surface area contributed by atoms with Crippen molar-refractivity contribution in [1.29, 1.82) is 0 Å². The van der Waals surface area contributed by atoms with Crippen molar-refractivity contribution in [3.63, 3.8) is 0 Å². The molecule has 3 heterocycles. The number of carbonyl (C=O) groups excluding carboxylic acids is 2. The van der Waals surface area contributed by atoms with Crippen LogP contribution in [-0.4, -0.2) is 103 Å². The SMILES string of the molecule is CC(C)N1CC2N(C(=O)C(N3CCOCC3)CN2S(=O)(=O)c2ccc(Cl)cc2Cl)C(Cc2cccc(Cl)c2)C1=O. The number of hydrogen-bond donors (Lipinski definition) is 0. The van der Waals surface area contributed by atoms with Crippen molar-refractivity contribution in [1.82, 2.24) is 19.0 Å². The predicted molar refractivity (Wildman–Crippen MR) is 153 cm³/mol. The van der Waals surface area contributed by atoms with Crippen LogP contribution in [0.15, 0.2) is 47.4 Å². The van der Waals surface area contributed by atoms with E-state index in [4.69, 9.17) is 39.5 Å². The summed E-state index contributed by atoms with van der Waals surface area (Å²) in [4.78, 5) is 33.1. The average molecular weight is 630 g/mol. The van der Waals surface area contributed by atoms with Gasteiger partial charge < -0.3 is 14.5 Å². The molecule has 0 radical (unpaired) electrons. The maximum atomic E-state index is 14.3. The smallest absolute Gasteiger partial charge is 0.246 e. The first-order valence-electron chi connectivity index (χ1n) is 13.1. The Labute approximate surface area is 249 Å². The number of amides is 2. The Bertz CT molecular complexity index is 1400. The van der Waals surface area contributed by atoms with Gasteiger partial charge >= 0.3 is 0 Å². The first-order chi connectivity index (χ1) is 19.0. The Morgan fingerprint density at radius 2 is 1.65 bits per heavy atom. The zero-order valence-corrected chi connectivity index (χ0v) is 25.3. The second-order valence-corrected chi connectivity index (χ2v) is 13.6. The van der Waals surface area contributed by atoms with Crippen LogP contribution >= 0.6 is 34.8 Å². The third-order valence-corrected chi connectivity index (χ3v) is 10.5. The van der Waals surface area contributed by atoms with Crippen molar-refractivity contribution in [3.8, 4) is 0 Å². The molecule has 2 amide bonds. The molecule has 3 saturated heterocycles. The number of nitrogens with zero attached hydrogens (tertiary/aromatic N) is 4. The van der Waals surface area contributed by atoms with Crippen LogP contribution in [0.4, 0.5) is 0 Å². The van der Waals surface area contributed by atoms with Crippen LogP contribution in [0.2, 0.25) is 15.1 Å². The van der Waals surface area contributed by atoms with E-state index in [0.717, 1.165) is 5.56 Å². The number of morpholine rings is 1. The molecule has 3 fully saturated rings. The molecular weight excluding hydrogens is 599 g/mol. The van der Waals surface area contributed by atoms with Crippen molar-refractivity contribution in [2.45, 2.75) is 49.5 Å². The lowest BCUT2D eigenvalue weighted by atomic mass is 9.96. The summed E-state index contributed by atoms with van der Waals surface area (Å²) in [5, 5.41) is 0.805. The monoisotopic (exact) mass is 628 g/mol. The highest BCUT2D eigenvalue weighted by Gasteiger charge is 2.55. The molecule has 0 saturated carbocycles. The van der Waals surface area contributed by atoms with E-state index in [1.54, 1.807) is 23.1 Å². The third-order valence-electron chi connectivity index (χ3n) is 7.72. The largest absolute Gasteiger partial charge is 0.379 e. The van der Waals surface area contributed by atoms with Gasteiger partial charge in [0.1, 0.15) is 23.1 Å². The highest BCUT2D eigenvalue weighted by atomic mass is 35.5. The van der Waals surface area contributed by atoms with Crippen LogP contribution < -0.4 is 0 Å². The van der Waals surface area contributed by atoms with E-state index in [9.17, 15) is 18.0 Å². The molecule has 0 spiro atoms. The number of fused-ring (bicyclic) bond motifs is 1. The minimum Gasteiger partial charge on any atom is -0.379 e. The van der Waals surface area contributed by atoms with Crippen molar-refractivity contribution in [3.05, 3.63) is 63.1 Å². The van der Waals surface area contributed by atoms with Gasteiger partial charge in [-0.25, -0.2) is 8.42 Å². The summed E-state index contributed by atoms with van der Waals surface area (Å²) in [7, 11) is -4.21. The van der Waals surface area contributed by atoms with Gasteiger partial charge in [0.2, 0.25) is 21.8 Å². The summed E-state index contributed by atoms with van der Waals surface area (Å²) < 4.78 is 35.4. The molecule has 40 heavy (non-hydrogen) atoms. The summed E-state index contributed by atoms with van der Waals surface area (Å²) in [6, 6.07) is 9.43. The summed E-state index contributed by atoms with van der Waals surface area (Å²) in [5.74, 6) is -0.506. The lowest BCUT2D eigenvalue weighted by molar-refractivity contribution is -0.173. The van der Waals surface area contributed by atoms with Gasteiger partial charge in [0.15, 0.2) is 0 Å². The van der Waals surface area contributed by atoms with E-state index in [2.05, 4.69) is 0 Å². The fourth-order valence-electron chi connectivity index (χ4n) is 5.71. The highest BCUT2D eigenvalue weighted by molar-refractivity contribution is 7.89. The van der Waals surface area contributed by atoms with Crippen LogP contribution in [0.3, 0.4) is 0 Å². The van der Waals surface area contributed by atoms with Gasteiger partial charge in [-0.1, -0.05) is 46.9 Å². The molecule has 3 aliphatic rings. The Hall–Kier alpha value is -1.92. The van der Waals surface area contributed by atoms with Crippen LogP contribution in [0.25, 0.3) is 0 Å². The van der Waals surface area contributed by atoms with E-state index in [1.807, 2.05) is 24.8 Å². The number of hydrogen-bond acceptors (Lipinski definition) is 6. The standard InChI is InChI=1S/C27H31Cl3N4O5S/c1-17(2)32-16-25-33(40(37,38)24-7-6-20(29)14-21(24)30)15-23(31-8-10-39-11-9-31)27(36)34(25)22(26(32)35)13-18-4-3-5-19(28)12-18/h3-7,12,14,17,22-23,25H,8-11,13,15-16H2,1-2H3. The van der Waals surface area contributed by atoms with E-state index < -0.39 is 28.3 Å². The summed E-state index contributed by atoms with van der Waals surface area (Å²) >= 11 is 18.7. The lowest BCUT2D eigenvalue weighted by Crippen LogP contribution is -2.76. The number of rotatable bonds is 6. The third kappa shape index (κ3) is 5.60. The van der Waals surface area contributed by atoms with Gasteiger partial charge in [-0.2, -0.15) is 4.31 Å². The molecule has 3 unspecified atom stereocenters. The molecule has 9 nitrogen and oxygen atoms in total. The van der Waals surface area contributed by atoms with E-state index >= 15 is 0 Å². The number of sulfonamides is 1. The second-order valence-electron chi connectivity index (χ2n) is 10.5. The molecule has 2 aromatic rings. The molecular formula is C27H31Cl3N4O5S. The Morgan fingerprint density at radius 3 is 2.30 bits per heavy atom. The summed E-state index contributed by atoms with van der Waals surface area (Å²) in [6.45, 7) is 5.50. The van der Waals surface area contributed by atoms with Crippen LogP contribution in [0.5, 0.6) is 0 Å². The Morgan fingerprint density at radius 1 is 0.950 bits per heavy atom. The van der Waals surface area contributed by atoms with E-state index in [1.165, 1.54) is 27.4 Å². The maximum absolute atomic E-state index is 14.3. The van der Waals surface area contributed by atoms with Crippen molar-refractivity contribution in [2.24, 2.45) is 0 Å². The topological polar surface area (TPSA) is 90.5 Å². The summed E-state index contributed by atoms with van der Waals surface area (Å²) in [5.41, 5.74) is 0.770. The average Bonchev–Trinajstić information content (AvgIpc) is 2.90. The quantitative estimate of drug-likeness (QED) is 0.487. The zero-order valence-electron chi connectivity index (χ0n) is 22.2. The van der Waals surface area contributed by atoms with Crippen LogP contribution in [-0.2, 0) is 30.8 Å². The van der Waals surface area contributed by atoms with Gasteiger partial charge in [0.25, 0.3) is 0 Å².